The van der Waals surface area contributed by atoms with E-state index in [1.165, 1.54) is 32.1 Å². The van der Waals surface area contributed by atoms with Gasteiger partial charge in [-0.1, -0.05) is 0 Å². The molecule has 0 radical (unpaired) electrons. The fourth-order valence-electron chi connectivity index (χ4n) is 4.53. The zero-order chi connectivity index (χ0) is 12.7. The zero-order valence-electron chi connectivity index (χ0n) is 10.5. The van der Waals surface area contributed by atoms with E-state index in [2.05, 4.69) is 10.3 Å². The molecule has 4 saturated carbocycles. The monoisotopic (exact) mass is 251 g/mol. The molecule has 4 fully saturated rings. The third kappa shape index (κ3) is 2.18. The van der Waals surface area contributed by atoms with Crippen molar-refractivity contribution in [3.8, 4) is 0 Å². The number of nitrogens with one attached hydrogen (secondary N) is 1. The summed E-state index contributed by atoms with van der Waals surface area (Å²) in [6.45, 7) is -0.244. The lowest BCUT2D eigenvalue weighted by atomic mass is 9.54. The van der Waals surface area contributed by atoms with Gasteiger partial charge in [0.25, 0.3) is 0 Å². The van der Waals surface area contributed by atoms with Crippen LogP contribution in [-0.4, -0.2) is 29.6 Å². The molecule has 4 rings (SSSR count). The summed E-state index contributed by atoms with van der Waals surface area (Å²) in [6.07, 6.45) is 6.70. The van der Waals surface area contributed by atoms with E-state index in [1.54, 1.807) is 0 Å². The number of aliphatic imine (C=N–C) groups is 1. The van der Waals surface area contributed by atoms with Crippen LogP contribution in [0.15, 0.2) is 4.99 Å². The molecule has 4 bridgehead atoms. The number of hydrogen-bond acceptors (Lipinski definition) is 2. The van der Waals surface area contributed by atoms with Crippen LogP contribution < -0.4 is 11.1 Å². The summed E-state index contributed by atoms with van der Waals surface area (Å²) in [4.78, 5) is 14.3. The van der Waals surface area contributed by atoms with Crippen molar-refractivity contribution >= 4 is 11.9 Å². The van der Waals surface area contributed by atoms with Gasteiger partial charge in [0.2, 0.25) is 0 Å². The SMILES string of the molecule is NC(=NCC(=O)O)NC1C2CC3CC(C2)CC1C3. The summed E-state index contributed by atoms with van der Waals surface area (Å²) in [7, 11) is 0. The molecule has 0 spiro atoms. The van der Waals surface area contributed by atoms with Gasteiger partial charge in [0.05, 0.1) is 0 Å². The Labute approximate surface area is 107 Å². The summed E-state index contributed by atoms with van der Waals surface area (Å²) < 4.78 is 0. The molecule has 4 aliphatic rings. The number of rotatable bonds is 3. The van der Waals surface area contributed by atoms with Crippen LogP contribution in [0.4, 0.5) is 0 Å². The van der Waals surface area contributed by atoms with Crippen LogP contribution in [0.25, 0.3) is 0 Å². The molecule has 0 aromatic rings. The van der Waals surface area contributed by atoms with Gasteiger partial charge in [0.15, 0.2) is 5.96 Å². The molecule has 100 valence electrons. The molecule has 4 aliphatic carbocycles. The number of carboxylic acid groups (broad SMARTS) is 1. The van der Waals surface area contributed by atoms with Crippen molar-refractivity contribution < 1.29 is 9.90 Å². The van der Waals surface area contributed by atoms with Gasteiger partial charge in [-0.15, -0.1) is 0 Å². The van der Waals surface area contributed by atoms with Gasteiger partial charge in [-0.25, -0.2) is 4.99 Å². The maximum atomic E-state index is 10.5. The standard InChI is InChI=1S/C13H21N3O2/c14-13(15-6-11(17)18)16-12-9-2-7-1-8(4-9)5-10(12)3-7/h7-10,12H,1-6H2,(H,17,18)(H3,14,15,16). The molecule has 4 N–H and O–H groups in total. The highest BCUT2D eigenvalue weighted by molar-refractivity contribution is 5.81. The summed E-state index contributed by atoms with van der Waals surface area (Å²) in [5.74, 6) is 2.67. The maximum absolute atomic E-state index is 10.5. The number of carboxylic acids is 1. The largest absolute Gasteiger partial charge is 0.480 e. The Morgan fingerprint density at radius 1 is 1.17 bits per heavy atom. The van der Waals surface area contributed by atoms with Crippen LogP contribution in [-0.2, 0) is 4.79 Å². The smallest absolute Gasteiger partial charge is 0.325 e. The van der Waals surface area contributed by atoms with Crippen LogP contribution in [0.2, 0.25) is 0 Å². The molecule has 0 amide bonds. The second-order valence-electron chi connectivity index (χ2n) is 6.20. The Morgan fingerprint density at radius 2 is 1.72 bits per heavy atom. The molecule has 0 aromatic heterocycles. The number of nitrogens with two attached hydrogens (primary N) is 1. The fraction of sp³-hybridized carbons (Fsp3) is 0.846. The molecule has 0 saturated heterocycles. The van der Waals surface area contributed by atoms with E-state index in [9.17, 15) is 4.79 Å². The molecule has 5 heteroatoms. The second kappa shape index (κ2) is 4.44. The quantitative estimate of drug-likeness (QED) is 0.511. The molecule has 0 atom stereocenters. The summed E-state index contributed by atoms with van der Waals surface area (Å²) >= 11 is 0. The molecule has 18 heavy (non-hydrogen) atoms. The van der Waals surface area contributed by atoms with Crippen LogP contribution >= 0.6 is 0 Å². The third-order valence-electron chi connectivity index (χ3n) is 4.93. The highest BCUT2D eigenvalue weighted by Crippen LogP contribution is 2.53. The van der Waals surface area contributed by atoms with Crippen molar-refractivity contribution in [2.75, 3.05) is 6.54 Å². The highest BCUT2D eigenvalue weighted by atomic mass is 16.4. The molecule has 0 aromatic carbocycles. The lowest BCUT2D eigenvalue weighted by Gasteiger charge is -2.54. The zero-order valence-corrected chi connectivity index (χ0v) is 10.5. The first kappa shape index (κ1) is 11.8. The van der Waals surface area contributed by atoms with Crippen molar-refractivity contribution in [3.63, 3.8) is 0 Å². The van der Waals surface area contributed by atoms with Gasteiger partial charge in [0.1, 0.15) is 6.54 Å². The van der Waals surface area contributed by atoms with Crippen LogP contribution in [0, 0.1) is 23.7 Å². The van der Waals surface area contributed by atoms with E-state index >= 15 is 0 Å². The molecule has 5 nitrogen and oxygen atoms in total. The minimum absolute atomic E-state index is 0.244. The normalized spacial score (nSPS) is 42.0. The molecular formula is C13H21N3O2. The van der Waals surface area contributed by atoms with Gasteiger partial charge < -0.3 is 16.2 Å². The van der Waals surface area contributed by atoms with Crippen molar-refractivity contribution in [2.24, 2.45) is 34.4 Å². The average molecular weight is 251 g/mol. The number of hydrogen-bond donors (Lipinski definition) is 3. The summed E-state index contributed by atoms with van der Waals surface area (Å²) in [5.41, 5.74) is 5.78. The highest BCUT2D eigenvalue weighted by Gasteiger charge is 2.48. The first-order valence-corrected chi connectivity index (χ1v) is 6.90. The van der Waals surface area contributed by atoms with Crippen molar-refractivity contribution in [1.29, 1.82) is 0 Å². The Balaban J connectivity index is 1.63. The van der Waals surface area contributed by atoms with E-state index in [0.717, 1.165) is 23.7 Å². The van der Waals surface area contributed by atoms with Crippen molar-refractivity contribution in [3.05, 3.63) is 0 Å². The van der Waals surface area contributed by atoms with Gasteiger partial charge >= 0.3 is 5.97 Å². The lowest BCUT2D eigenvalue weighted by molar-refractivity contribution is -0.135. The van der Waals surface area contributed by atoms with E-state index < -0.39 is 5.97 Å². The van der Waals surface area contributed by atoms with Crippen LogP contribution in [0.3, 0.4) is 0 Å². The first-order valence-electron chi connectivity index (χ1n) is 6.90. The van der Waals surface area contributed by atoms with E-state index in [1.807, 2.05) is 0 Å². The van der Waals surface area contributed by atoms with Gasteiger partial charge in [0, 0.05) is 6.04 Å². The Morgan fingerprint density at radius 3 is 2.22 bits per heavy atom. The number of aliphatic carboxylic acids is 1. The summed E-state index contributed by atoms with van der Waals surface area (Å²) in [5, 5.41) is 11.9. The maximum Gasteiger partial charge on any atom is 0.325 e. The van der Waals surface area contributed by atoms with E-state index in [-0.39, 0.29) is 6.54 Å². The topological polar surface area (TPSA) is 87.7 Å². The van der Waals surface area contributed by atoms with E-state index in [4.69, 9.17) is 10.8 Å². The van der Waals surface area contributed by atoms with E-state index in [0.29, 0.717) is 12.0 Å². The number of guanidine groups is 1. The number of nitrogens with zero attached hydrogens (tertiary/aromatic N) is 1. The average Bonchev–Trinajstić information content (AvgIpc) is 2.30. The van der Waals surface area contributed by atoms with Crippen LogP contribution in [0.1, 0.15) is 32.1 Å². The van der Waals surface area contributed by atoms with Gasteiger partial charge in [-0.3, -0.25) is 4.79 Å². The third-order valence-corrected chi connectivity index (χ3v) is 4.93. The Bertz CT molecular complexity index is 352. The van der Waals surface area contributed by atoms with Crippen molar-refractivity contribution in [2.45, 2.75) is 38.1 Å². The summed E-state index contributed by atoms with van der Waals surface area (Å²) in [6, 6.07) is 0.426. The minimum atomic E-state index is -0.940. The lowest BCUT2D eigenvalue weighted by Crippen LogP contribution is -2.57. The fourth-order valence-corrected chi connectivity index (χ4v) is 4.53. The van der Waals surface area contributed by atoms with Gasteiger partial charge in [-0.05, 0) is 55.8 Å². The Kier molecular flexibility index (Phi) is 2.92. The number of carbonyl (C=O) groups is 1. The van der Waals surface area contributed by atoms with Crippen molar-refractivity contribution in [1.82, 2.24) is 5.32 Å². The second-order valence-corrected chi connectivity index (χ2v) is 6.20. The first-order chi connectivity index (χ1) is 8.61. The van der Waals surface area contributed by atoms with Crippen LogP contribution in [0.5, 0.6) is 0 Å². The molecule has 0 heterocycles. The van der Waals surface area contributed by atoms with Gasteiger partial charge in [-0.2, -0.15) is 0 Å². The minimum Gasteiger partial charge on any atom is -0.480 e. The Hall–Kier alpha value is -1.26. The predicted molar refractivity (Wildman–Crippen MR) is 68.1 cm³/mol. The predicted octanol–water partition coefficient (Wildman–Crippen LogP) is 0.800. The molecular weight excluding hydrogens is 230 g/mol. The molecule has 0 unspecified atom stereocenters. The molecule has 0 aliphatic heterocycles.